The maximum atomic E-state index is 12.3. The van der Waals surface area contributed by atoms with Crippen LogP contribution < -0.4 is 4.74 Å². The average molecular weight is 307 g/mol. The van der Waals surface area contributed by atoms with Gasteiger partial charge in [-0.3, -0.25) is 4.79 Å². The number of ketones is 1. The van der Waals surface area contributed by atoms with Gasteiger partial charge in [0.05, 0.1) is 11.9 Å². The lowest BCUT2D eigenvalue weighted by Gasteiger charge is -2.11. The van der Waals surface area contributed by atoms with E-state index in [1.54, 1.807) is 7.11 Å². The molecule has 0 aromatic heterocycles. The molecule has 0 N–H and O–H groups in total. The van der Waals surface area contributed by atoms with E-state index >= 15 is 0 Å². The van der Waals surface area contributed by atoms with Crippen molar-refractivity contribution in [3.63, 3.8) is 0 Å². The molecule has 0 radical (unpaired) electrons. The third-order valence-corrected chi connectivity index (χ3v) is 4.08. The third-order valence-electron chi connectivity index (χ3n) is 3.01. The minimum atomic E-state index is -0.130. The number of methoxy groups -OCH3 is 1. The molecular weight excluding hydrogens is 292 g/mol. The quantitative estimate of drug-likeness (QED) is 0.625. The van der Waals surface area contributed by atoms with E-state index in [9.17, 15) is 4.79 Å². The molecule has 0 heterocycles. The number of alkyl halides is 1. The molecule has 2 nitrogen and oxygen atoms in total. The fourth-order valence-corrected chi connectivity index (χ4v) is 2.27. The van der Waals surface area contributed by atoms with Gasteiger partial charge in [0.15, 0.2) is 5.78 Å². The Balaban J connectivity index is 2.63. The van der Waals surface area contributed by atoms with Crippen LogP contribution in [-0.2, 0) is 0 Å². The number of Topliss-reactive ketones (excluding diaryl/α,β-unsaturated/α-hetero) is 1. The fraction of sp³-hybridized carbons (Fsp3) is 0.267. The second-order valence-corrected chi connectivity index (χ2v) is 5.21. The molecule has 0 saturated carbocycles. The van der Waals surface area contributed by atoms with Crippen molar-refractivity contribution in [2.75, 3.05) is 7.11 Å². The molecule has 3 heteroatoms. The summed E-state index contributed by atoms with van der Waals surface area (Å²) in [5, 5.41) is 1.92. The van der Waals surface area contributed by atoms with Crippen LogP contribution in [0.15, 0.2) is 36.4 Å². The van der Waals surface area contributed by atoms with Gasteiger partial charge in [-0.25, -0.2) is 0 Å². The van der Waals surface area contributed by atoms with Crippen molar-refractivity contribution in [1.82, 2.24) is 0 Å². The lowest BCUT2D eigenvalue weighted by Crippen LogP contribution is -2.13. The molecule has 0 aliphatic carbocycles. The number of ether oxygens (including phenoxy) is 1. The summed E-state index contributed by atoms with van der Waals surface area (Å²) < 4.78 is 5.33. The summed E-state index contributed by atoms with van der Waals surface area (Å²) in [5.41, 5.74) is 0.745. The summed E-state index contributed by atoms with van der Waals surface area (Å²) in [5.74, 6) is 0.918. The molecule has 0 saturated heterocycles. The molecule has 2 rings (SSSR count). The van der Waals surface area contributed by atoms with Crippen molar-refractivity contribution in [3.8, 4) is 5.75 Å². The van der Waals surface area contributed by atoms with Gasteiger partial charge < -0.3 is 4.74 Å². The number of benzene rings is 2. The standard InChI is InChI=1S/C15H15BrO2/c1-3-13(16)15(17)12-8-9-14(18-2)11-7-5-4-6-10(11)12/h4-9,13H,3H2,1-2H3. The van der Waals surface area contributed by atoms with E-state index < -0.39 is 0 Å². The van der Waals surface area contributed by atoms with E-state index in [0.717, 1.165) is 28.5 Å². The highest BCUT2D eigenvalue weighted by Crippen LogP contribution is 2.30. The van der Waals surface area contributed by atoms with Gasteiger partial charge in [-0.2, -0.15) is 0 Å². The predicted molar refractivity (Wildman–Crippen MR) is 77.8 cm³/mol. The Labute approximate surface area is 115 Å². The van der Waals surface area contributed by atoms with Gasteiger partial charge in [-0.1, -0.05) is 47.1 Å². The predicted octanol–water partition coefficient (Wildman–Crippen LogP) is 4.20. The second kappa shape index (κ2) is 5.53. The highest BCUT2D eigenvalue weighted by Gasteiger charge is 2.18. The largest absolute Gasteiger partial charge is 0.496 e. The topological polar surface area (TPSA) is 26.3 Å². The van der Waals surface area contributed by atoms with Crippen LogP contribution in [0.3, 0.4) is 0 Å². The molecule has 0 aliphatic rings. The summed E-state index contributed by atoms with van der Waals surface area (Å²) in [4.78, 5) is 12.2. The number of hydrogen-bond donors (Lipinski definition) is 0. The Morgan fingerprint density at radius 1 is 1.22 bits per heavy atom. The fourth-order valence-electron chi connectivity index (χ4n) is 2.02. The minimum Gasteiger partial charge on any atom is -0.496 e. The van der Waals surface area contributed by atoms with Crippen molar-refractivity contribution in [3.05, 3.63) is 42.0 Å². The molecule has 1 unspecified atom stereocenters. The summed E-state index contributed by atoms with van der Waals surface area (Å²) in [7, 11) is 1.64. The van der Waals surface area contributed by atoms with Crippen LogP contribution >= 0.6 is 15.9 Å². The maximum absolute atomic E-state index is 12.3. The molecule has 2 aromatic carbocycles. The number of carbonyl (C=O) groups excluding carboxylic acids is 1. The van der Waals surface area contributed by atoms with Crippen LogP contribution in [0, 0.1) is 0 Å². The Kier molecular flexibility index (Phi) is 4.02. The maximum Gasteiger partial charge on any atom is 0.177 e. The molecule has 2 aromatic rings. The van der Waals surface area contributed by atoms with Gasteiger partial charge in [0.1, 0.15) is 5.75 Å². The van der Waals surface area contributed by atoms with Crippen molar-refractivity contribution in [1.29, 1.82) is 0 Å². The first-order valence-electron chi connectivity index (χ1n) is 5.93. The van der Waals surface area contributed by atoms with E-state index in [2.05, 4.69) is 15.9 Å². The first-order chi connectivity index (χ1) is 8.69. The van der Waals surface area contributed by atoms with Crippen LogP contribution in [0.25, 0.3) is 10.8 Å². The number of halogens is 1. The minimum absolute atomic E-state index is 0.122. The molecule has 0 amide bonds. The van der Waals surface area contributed by atoms with Gasteiger partial charge in [-0.15, -0.1) is 0 Å². The van der Waals surface area contributed by atoms with Gasteiger partial charge in [0, 0.05) is 10.9 Å². The highest BCUT2D eigenvalue weighted by molar-refractivity contribution is 9.10. The molecule has 1 atom stereocenters. The van der Waals surface area contributed by atoms with Gasteiger partial charge in [0.25, 0.3) is 0 Å². The van der Waals surface area contributed by atoms with Crippen LogP contribution in [0.4, 0.5) is 0 Å². The smallest absolute Gasteiger partial charge is 0.177 e. The summed E-state index contributed by atoms with van der Waals surface area (Å²) in [6, 6.07) is 11.5. The zero-order valence-electron chi connectivity index (χ0n) is 10.4. The number of carbonyl (C=O) groups is 1. The third kappa shape index (κ3) is 2.27. The molecular formula is C15H15BrO2. The number of fused-ring (bicyclic) bond motifs is 1. The molecule has 0 fully saturated rings. The van der Waals surface area contributed by atoms with Crippen molar-refractivity contribution >= 4 is 32.5 Å². The van der Waals surface area contributed by atoms with E-state index in [4.69, 9.17) is 4.74 Å². The zero-order valence-corrected chi connectivity index (χ0v) is 12.0. The van der Waals surface area contributed by atoms with Crippen LogP contribution in [0.2, 0.25) is 0 Å². The van der Waals surface area contributed by atoms with Crippen molar-refractivity contribution in [2.24, 2.45) is 0 Å². The normalized spacial score (nSPS) is 12.4. The lowest BCUT2D eigenvalue weighted by atomic mass is 9.98. The summed E-state index contributed by atoms with van der Waals surface area (Å²) >= 11 is 3.42. The molecule has 18 heavy (non-hydrogen) atoms. The van der Waals surface area contributed by atoms with Gasteiger partial charge in [-0.05, 0) is 23.9 Å². The van der Waals surface area contributed by atoms with Crippen LogP contribution in [0.5, 0.6) is 5.75 Å². The molecule has 0 spiro atoms. The van der Waals surface area contributed by atoms with Gasteiger partial charge in [0.2, 0.25) is 0 Å². The first-order valence-corrected chi connectivity index (χ1v) is 6.84. The Morgan fingerprint density at radius 2 is 1.89 bits per heavy atom. The Hall–Kier alpha value is -1.35. The highest BCUT2D eigenvalue weighted by atomic mass is 79.9. The number of rotatable bonds is 4. The average Bonchev–Trinajstić information content (AvgIpc) is 2.44. The Bertz CT molecular complexity index is 578. The summed E-state index contributed by atoms with van der Waals surface area (Å²) in [6.07, 6.45) is 0.777. The first kappa shape index (κ1) is 13.1. The van der Waals surface area contributed by atoms with Crippen molar-refractivity contribution < 1.29 is 9.53 Å². The molecule has 0 bridgehead atoms. The lowest BCUT2D eigenvalue weighted by molar-refractivity contribution is 0.0992. The number of hydrogen-bond acceptors (Lipinski definition) is 2. The van der Waals surface area contributed by atoms with E-state index in [0.29, 0.717) is 0 Å². The van der Waals surface area contributed by atoms with Crippen LogP contribution in [-0.4, -0.2) is 17.7 Å². The van der Waals surface area contributed by atoms with Gasteiger partial charge >= 0.3 is 0 Å². The SMILES string of the molecule is CCC(Br)C(=O)c1ccc(OC)c2ccccc12. The van der Waals surface area contributed by atoms with Crippen molar-refractivity contribution in [2.45, 2.75) is 18.2 Å². The van der Waals surface area contributed by atoms with E-state index in [1.165, 1.54) is 0 Å². The van der Waals surface area contributed by atoms with Crippen LogP contribution in [0.1, 0.15) is 23.7 Å². The van der Waals surface area contributed by atoms with E-state index in [1.807, 2.05) is 43.3 Å². The van der Waals surface area contributed by atoms with E-state index in [-0.39, 0.29) is 10.6 Å². The summed E-state index contributed by atoms with van der Waals surface area (Å²) in [6.45, 7) is 1.99. The monoisotopic (exact) mass is 306 g/mol. The molecule has 0 aliphatic heterocycles. The molecule has 94 valence electrons. The zero-order chi connectivity index (χ0) is 13.1. The second-order valence-electron chi connectivity index (χ2n) is 4.10. The Morgan fingerprint density at radius 3 is 2.50 bits per heavy atom.